The molecule has 0 radical (unpaired) electrons. The van der Waals surface area contributed by atoms with E-state index in [1.807, 2.05) is 24.3 Å². The van der Waals surface area contributed by atoms with Crippen LogP contribution >= 0.6 is 0 Å². The molecule has 0 saturated heterocycles. The predicted molar refractivity (Wildman–Crippen MR) is 75.5 cm³/mol. The number of hydrogen-bond donors (Lipinski definition) is 1. The van der Waals surface area contributed by atoms with Crippen molar-refractivity contribution in [3.8, 4) is 0 Å². The third kappa shape index (κ3) is 1.34. The van der Waals surface area contributed by atoms with Crippen molar-refractivity contribution in [3.05, 3.63) is 65.2 Å². The lowest BCUT2D eigenvalue weighted by atomic mass is 9.82. The molecule has 2 aliphatic rings. The van der Waals surface area contributed by atoms with Crippen LogP contribution in [-0.4, -0.2) is 5.78 Å². The Hall–Kier alpha value is -2.09. The first-order valence-electron chi connectivity index (χ1n) is 6.76. The van der Waals surface area contributed by atoms with Crippen molar-refractivity contribution in [1.82, 2.24) is 0 Å². The van der Waals surface area contributed by atoms with E-state index < -0.39 is 0 Å². The van der Waals surface area contributed by atoms with Gasteiger partial charge in [-0.25, -0.2) is 0 Å². The summed E-state index contributed by atoms with van der Waals surface area (Å²) < 4.78 is 0. The number of ketones is 1. The van der Waals surface area contributed by atoms with Crippen LogP contribution in [-0.2, 0) is 0 Å². The summed E-state index contributed by atoms with van der Waals surface area (Å²) in [5.74, 6) is 0.602. The van der Waals surface area contributed by atoms with Crippen molar-refractivity contribution in [2.24, 2.45) is 5.92 Å². The van der Waals surface area contributed by atoms with Crippen LogP contribution in [0.15, 0.2) is 48.5 Å². The van der Waals surface area contributed by atoms with Gasteiger partial charge in [0, 0.05) is 11.3 Å². The van der Waals surface area contributed by atoms with Crippen molar-refractivity contribution in [1.29, 1.82) is 0 Å². The highest BCUT2D eigenvalue weighted by atomic mass is 16.1. The Morgan fingerprint density at radius 1 is 0.947 bits per heavy atom. The van der Waals surface area contributed by atoms with Gasteiger partial charge in [0.15, 0.2) is 5.78 Å². The molecule has 2 nitrogen and oxygen atoms in total. The Labute approximate surface area is 112 Å². The summed E-state index contributed by atoms with van der Waals surface area (Å²) in [5.41, 5.74) is 4.40. The molecule has 4 rings (SSSR count). The molecule has 94 valence electrons. The molecule has 0 aromatic heterocycles. The van der Waals surface area contributed by atoms with Gasteiger partial charge in [-0.15, -0.1) is 0 Å². The van der Waals surface area contributed by atoms with Gasteiger partial charge in [0.05, 0.1) is 12.0 Å². The lowest BCUT2D eigenvalue weighted by Gasteiger charge is -2.30. The Morgan fingerprint density at radius 3 is 2.47 bits per heavy atom. The molecule has 1 heterocycles. The molecular weight excluding hydrogens is 234 g/mol. The maximum atomic E-state index is 12.7. The first-order chi connectivity index (χ1) is 9.27. The van der Waals surface area contributed by atoms with Crippen molar-refractivity contribution < 1.29 is 4.79 Å². The van der Waals surface area contributed by atoms with Gasteiger partial charge < -0.3 is 5.32 Å². The molecule has 19 heavy (non-hydrogen) atoms. The number of para-hydroxylation sites is 1. The molecule has 0 unspecified atom stereocenters. The molecule has 0 amide bonds. The van der Waals surface area contributed by atoms with Gasteiger partial charge in [0.25, 0.3) is 0 Å². The van der Waals surface area contributed by atoms with E-state index in [1.54, 1.807) is 0 Å². The van der Waals surface area contributed by atoms with Gasteiger partial charge in [0.2, 0.25) is 0 Å². The Bertz CT molecular complexity index is 676. The second-order valence-electron chi connectivity index (χ2n) is 5.48. The number of benzene rings is 2. The topological polar surface area (TPSA) is 29.1 Å². The summed E-state index contributed by atoms with van der Waals surface area (Å²) in [6.45, 7) is 2.16. The molecule has 0 spiro atoms. The van der Waals surface area contributed by atoms with E-state index in [-0.39, 0.29) is 23.7 Å². The number of carbonyl (C=O) groups excluding carboxylic acids is 1. The summed E-state index contributed by atoms with van der Waals surface area (Å²) >= 11 is 0. The Kier molecular flexibility index (Phi) is 2.10. The van der Waals surface area contributed by atoms with Crippen LogP contribution in [0.5, 0.6) is 0 Å². The zero-order chi connectivity index (χ0) is 13.0. The Balaban J connectivity index is 1.90. The number of anilines is 1. The summed E-state index contributed by atoms with van der Waals surface area (Å²) in [5, 5.41) is 3.56. The quantitative estimate of drug-likeness (QED) is 0.770. The molecule has 0 saturated carbocycles. The fraction of sp³-hybridized carbons (Fsp3) is 0.235. The van der Waals surface area contributed by atoms with Gasteiger partial charge in [0.1, 0.15) is 0 Å². The fourth-order valence-electron chi connectivity index (χ4n) is 3.60. The smallest absolute Gasteiger partial charge is 0.171 e. The number of rotatable bonds is 0. The van der Waals surface area contributed by atoms with Crippen LogP contribution in [0.4, 0.5) is 5.69 Å². The van der Waals surface area contributed by atoms with Crippen molar-refractivity contribution in [3.63, 3.8) is 0 Å². The van der Waals surface area contributed by atoms with Crippen LogP contribution in [0.2, 0.25) is 0 Å². The fourth-order valence-corrected chi connectivity index (χ4v) is 3.60. The normalized spacial score (nSPS) is 27.2. The largest absolute Gasteiger partial charge is 0.377 e. The molecule has 1 N–H and O–H groups in total. The number of hydrogen-bond acceptors (Lipinski definition) is 2. The van der Waals surface area contributed by atoms with E-state index in [4.69, 9.17) is 0 Å². The second-order valence-corrected chi connectivity index (χ2v) is 5.48. The zero-order valence-electron chi connectivity index (χ0n) is 10.8. The average molecular weight is 249 g/mol. The Morgan fingerprint density at radius 2 is 1.63 bits per heavy atom. The van der Waals surface area contributed by atoms with E-state index in [0.717, 1.165) is 11.3 Å². The number of Topliss-reactive ketones (excluding diaryl/α,β-unsaturated/α-hetero) is 1. The molecular formula is C17H15NO. The molecule has 3 atom stereocenters. The molecule has 0 fully saturated rings. The zero-order valence-corrected chi connectivity index (χ0v) is 10.8. The van der Waals surface area contributed by atoms with Crippen LogP contribution < -0.4 is 5.32 Å². The van der Waals surface area contributed by atoms with Crippen molar-refractivity contribution >= 4 is 11.5 Å². The van der Waals surface area contributed by atoms with Crippen LogP contribution in [0.25, 0.3) is 0 Å². The molecule has 2 aromatic rings. The third-order valence-electron chi connectivity index (χ3n) is 4.53. The van der Waals surface area contributed by atoms with E-state index >= 15 is 0 Å². The van der Waals surface area contributed by atoms with Gasteiger partial charge >= 0.3 is 0 Å². The van der Waals surface area contributed by atoms with Gasteiger partial charge in [-0.05, 0) is 29.2 Å². The standard InChI is InChI=1S/C17H15NO/c1-10-11-6-2-3-7-12(11)16-15(10)17(19)13-8-4-5-9-14(13)18-16/h2-10,15-16,18H,1H3/t10-,15+,16+/m1/s1. The lowest BCUT2D eigenvalue weighted by molar-refractivity contribution is 0.0891. The van der Waals surface area contributed by atoms with Gasteiger partial charge in [-0.1, -0.05) is 43.3 Å². The summed E-state index contributed by atoms with van der Waals surface area (Å²) in [6, 6.07) is 16.4. The van der Waals surface area contributed by atoms with E-state index in [9.17, 15) is 4.79 Å². The summed E-state index contributed by atoms with van der Waals surface area (Å²) in [4.78, 5) is 12.7. The molecule has 1 aliphatic carbocycles. The monoisotopic (exact) mass is 249 g/mol. The number of nitrogens with one attached hydrogen (secondary N) is 1. The summed E-state index contributed by atoms with van der Waals surface area (Å²) in [7, 11) is 0. The van der Waals surface area contributed by atoms with Gasteiger partial charge in [-0.2, -0.15) is 0 Å². The minimum Gasteiger partial charge on any atom is -0.377 e. The maximum absolute atomic E-state index is 12.7. The molecule has 2 aromatic carbocycles. The minimum atomic E-state index is 0.0345. The maximum Gasteiger partial charge on any atom is 0.171 e. The third-order valence-corrected chi connectivity index (χ3v) is 4.53. The van der Waals surface area contributed by atoms with Crippen molar-refractivity contribution in [2.75, 3.05) is 5.32 Å². The highest BCUT2D eigenvalue weighted by Gasteiger charge is 2.45. The first-order valence-corrected chi connectivity index (χ1v) is 6.76. The van der Waals surface area contributed by atoms with E-state index in [1.165, 1.54) is 11.1 Å². The predicted octanol–water partition coefficient (Wildman–Crippen LogP) is 3.77. The number of fused-ring (bicyclic) bond motifs is 4. The van der Waals surface area contributed by atoms with E-state index in [0.29, 0.717) is 0 Å². The van der Waals surface area contributed by atoms with Gasteiger partial charge in [-0.3, -0.25) is 4.79 Å². The average Bonchev–Trinajstić information content (AvgIpc) is 2.74. The van der Waals surface area contributed by atoms with Crippen molar-refractivity contribution in [2.45, 2.75) is 18.9 Å². The second kappa shape index (κ2) is 3.70. The van der Waals surface area contributed by atoms with E-state index in [2.05, 4.69) is 36.5 Å². The SMILES string of the molecule is C[C@@H]1c2ccccc2[C@@H]2Nc3ccccc3C(=O)[C@@H]12. The van der Waals surface area contributed by atoms with Crippen LogP contribution in [0, 0.1) is 5.92 Å². The van der Waals surface area contributed by atoms with Crippen LogP contribution in [0.3, 0.4) is 0 Å². The molecule has 2 heteroatoms. The molecule has 1 aliphatic heterocycles. The van der Waals surface area contributed by atoms with Crippen LogP contribution in [0.1, 0.15) is 40.4 Å². The highest BCUT2D eigenvalue weighted by molar-refractivity contribution is 6.06. The first kappa shape index (κ1) is 10.8. The highest BCUT2D eigenvalue weighted by Crippen LogP contribution is 2.50. The molecule has 0 bridgehead atoms. The summed E-state index contributed by atoms with van der Waals surface area (Å²) in [6.07, 6.45) is 0. The lowest BCUT2D eigenvalue weighted by Crippen LogP contribution is -2.31. The number of carbonyl (C=O) groups is 1. The minimum absolute atomic E-state index is 0.0345.